The van der Waals surface area contributed by atoms with Crippen molar-refractivity contribution < 1.29 is 32.9 Å². The molecule has 150 valence electrons. The zero-order chi connectivity index (χ0) is 18.6. The fourth-order valence-electron chi connectivity index (χ4n) is 2.39. The molecule has 0 saturated carbocycles. The maximum Gasteiger partial charge on any atom is 0.103 e. The van der Waals surface area contributed by atoms with Gasteiger partial charge in [0.15, 0.2) is 0 Å². The maximum absolute atomic E-state index is 5.67. The number of quaternary nitrogens is 1. The minimum Gasteiger partial charge on any atom is -0.382 e. The third kappa shape index (κ3) is 14.3. The van der Waals surface area contributed by atoms with E-state index in [0.717, 1.165) is 30.7 Å². The molecule has 0 unspecified atom stereocenters. The van der Waals surface area contributed by atoms with Crippen LogP contribution in [-0.4, -0.2) is 111 Å². The lowest BCUT2D eigenvalue weighted by Crippen LogP contribution is -2.54. The van der Waals surface area contributed by atoms with Gasteiger partial charge in [-0.25, -0.2) is 0 Å². The summed E-state index contributed by atoms with van der Waals surface area (Å²) in [6.45, 7) is 13.1. The lowest BCUT2D eigenvalue weighted by atomic mass is 10.3. The van der Waals surface area contributed by atoms with Crippen LogP contribution < -0.4 is 0 Å². The number of rotatable bonds is 20. The summed E-state index contributed by atoms with van der Waals surface area (Å²) in [7, 11) is 5.03. The van der Waals surface area contributed by atoms with Crippen LogP contribution in [0.2, 0.25) is 0 Å². The van der Waals surface area contributed by atoms with Crippen LogP contribution in [0, 0.1) is 0 Å². The minimum absolute atomic E-state index is 0.610. The van der Waals surface area contributed by atoms with Crippen molar-refractivity contribution in [2.45, 2.75) is 0 Å². The third-order valence-electron chi connectivity index (χ3n) is 3.94. The third-order valence-corrected chi connectivity index (χ3v) is 3.94. The Morgan fingerprint density at radius 3 is 1.24 bits per heavy atom. The zero-order valence-electron chi connectivity index (χ0n) is 16.4. The van der Waals surface area contributed by atoms with Crippen LogP contribution in [0.25, 0.3) is 0 Å². The summed E-state index contributed by atoms with van der Waals surface area (Å²) in [5.41, 5.74) is 0. The Bertz CT molecular complexity index is 255. The smallest absolute Gasteiger partial charge is 0.103 e. The van der Waals surface area contributed by atoms with Crippen molar-refractivity contribution in [1.82, 2.24) is 0 Å². The van der Waals surface area contributed by atoms with Gasteiger partial charge in [0.05, 0.1) is 66.0 Å². The molecule has 0 heterocycles. The molecular formula is C18H38NO6+. The first-order chi connectivity index (χ1) is 12.2. The van der Waals surface area contributed by atoms with E-state index in [1.54, 1.807) is 21.3 Å². The van der Waals surface area contributed by atoms with Crippen molar-refractivity contribution in [2.24, 2.45) is 0 Å². The predicted octanol–water partition coefficient (Wildman–Crippen LogP) is 0.978. The van der Waals surface area contributed by atoms with E-state index in [1.165, 1.54) is 0 Å². The molecule has 0 aliphatic heterocycles. The highest BCUT2D eigenvalue weighted by Gasteiger charge is 2.25. The molecule has 0 N–H and O–H groups in total. The Morgan fingerprint density at radius 2 is 0.960 bits per heavy atom. The number of hydrogen-bond acceptors (Lipinski definition) is 6. The fraction of sp³-hybridized carbons (Fsp3) is 0.889. The van der Waals surface area contributed by atoms with E-state index in [2.05, 4.69) is 6.58 Å². The van der Waals surface area contributed by atoms with Gasteiger partial charge < -0.3 is 32.9 Å². The average molecular weight is 365 g/mol. The summed E-state index contributed by atoms with van der Waals surface area (Å²) in [4.78, 5) is 0. The molecule has 0 fully saturated rings. The molecule has 0 aliphatic rings. The van der Waals surface area contributed by atoms with Crippen LogP contribution in [0.5, 0.6) is 0 Å². The van der Waals surface area contributed by atoms with Gasteiger partial charge in [0.1, 0.15) is 19.6 Å². The van der Waals surface area contributed by atoms with Crippen molar-refractivity contribution in [3.63, 3.8) is 0 Å². The molecule has 0 amide bonds. The zero-order valence-corrected chi connectivity index (χ0v) is 16.4. The van der Waals surface area contributed by atoms with Gasteiger partial charge in [-0.15, -0.1) is 0 Å². The molecule has 0 spiro atoms. The fourth-order valence-corrected chi connectivity index (χ4v) is 2.39. The van der Waals surface area contributed by atoms with E-state index in [1.807, 2.05) is 6.08 Å². The normalized spacial score (nSPS) is 11.8. The largest absolute Gasteiger partial charge is 0.382 e. The summed E-state index contributed by atoms with van der Waals surface area (Å²) < 4.78 is 32.9. The van der Waals surface area contributed by atoms with Crippen LogP contribution in [0.3, 0.4) is 0 Å². The average Bonchev–Trinajstić information content (AvgIpc) is 2.61. The Kier molecular flexibility index (Phi) is 17.9. The highest BCUT2D eigenvalue weighted by atomic mass is 16.5. The number of methoxy groups -OCH3 is 3. The lowest BCUT2D eigenvalue weighted by molar-refractivity contribution is -0.923. The first-order valence-corrected chi connectivity index (χ1v) is 8.90. The second-order valence-electron chi connectivity index (χ2n) is 5.80. The monoisotopic (exact) mass is 364 g/mol. The van der Waals surface area contributed by atoms with E-state index < -0.39 is 0 Å². The van der Waals surface area contributed by atoms with Gasteiger partial charge >= 0.3 is 0 Å². The molecule has 7 nitrogen and oxygen atoms in total. The molecule has 0 aromatic heterocycles. The SMILES string of the molecule is C=CC[N+](CCOCCOC)(CCOCCOC)CCOCCOC. The standard InChI is InChI=1S/C18H38NO6/c1-5-6-19(7-10-23-16-13-20-2,8-11-24-17-14-21-3)9-12-25-18-15-22-4/h5H,1,6-18H2,2-4H3/q+1. The Balaban J connectivity index is 4.42. The van der Waals surface area contributed by atoms with Gasteiger partial charge in [-0.05, 0) is 6.08 Å². The first kappa shape index (κ1) is 24.5. The summed E-state index contributed by atoms with van der Waals surface area (Å²) in [6.07, 6.45) is 1.96. The van der Waals surface area contributed by atoms with Gasteiger partial charge in [0.2, 0.25) is 0 Å². The lowest BCUT2D eigenvalue weighted by Gasteiger charge is -2.37. The van der Waals surface area contributed by atoms with E-state index in [4.69, 9.17) is 28.4 Å². The van der Waals surface area contributed by atoms with Crippen molar-refractivity contribution in [3.8, 4) is 0 Å². The quantitative estimate of drug-likeness (QED) is 0.182. The molecule has 0 aromatic rings. The van der Waals surface area contributed by atoms with Crippen molar-refractivity contribution in [2.75, 3.05) is 107 Å². The van der Waals surface area contributed by atoms with E-state index >= 15 is 0 Å². The second-order valence-corrected chi connectivity index (χ2v) is 5.80. The number of ether oxygens (including phenoxy) is 6. The maximum atomic E-state index is 5.67. The van der Waals surface area contributed by atoms with Crippen molar-refractivity contribution in [3.05, 3.63) is 12.7 Å². The highest BCUT2D eigenvalue weighted by molar-refractivity contribution is 4.67. The van der Waals surface area contributed by atoms with E-state index in [-0.39, 0.29) is 0 Å². The van der Waals surface area contributed by atoms with Crippen molar-refractivity contribution >= 4 is 0 Å². The molecule has 0 bridgehead atoms. The molecule has 25 heavy (non-hydrogen) atoms. The first-order valence-electron chi connectivity index (χ1n) is 8.90. The molecule has 0 aliphatic carbocycles. The highest BCUT2D eigenvalue weighted by Crippen LogP contribution is 2.08. The van der Waals surface area contributed by atoms with Gasteiger partial charge in [-0.2, -0.15) is 0 Å². The van der Waals surface area contributed by atoms with Crippen LogP contribution in [0.1, 0.15) is 0 Å². The van der Waals surface area contributed by atoms with Gasteiger partial charge in [-0.1, -0.05) is 6.58 Å². The topological polar surface area (TPSA) is 55.4 Å². The number of nitrogens with zero attached hydrogens (tertiary/aromatic N) is 1. The molecule has 0 atom stereocenters. The Labute approximate surface area is 153 Å². The summed E-state index contributed by atoms with van der Waals surface area (Å²) in [5, 5.41) is 0. The van der Waals surface area contributed by atoms with Crippen molar-refractivity contribution in [1.29, 1.82) is 0 Å². The van der Waals surface area contributed by atoms with E-state index in [9.17, 15) is 0 Å². The van der Waals surface area contributed by atoms with Gasteiger partial charge in [-0.3, -0.25) is 0 Å². The minimum atomic E-state index is 0.610. The van der Waals surface area contributed by atoms with Gasteiger partial charge in [0, 0.05) is 21.3 Å². The summed E-state index contributed by atoms with van der Waals surface area (Å²) >= 11 is 0. The Morgan fingerprint density at radius 1 is 0.600 bits per heavy atom. The summed E-state index contributed by atoms with van der Waals surface area (Å²) in [5.74, 6) is 0. The second kappa shape index (κ2) is 18.3. The van der Waals surface area contributed by atoms with Crippen LogP contribution >= 0.6 is 0 Å². The molecule has 0 saturated heterocycles. The van der Waals surface area contributed by atoms with Gasteiger partial charge in [0.25, 0.3) is 0 Å². The van der Waals surface area contributed by atoms with E-state index in [0.29, 0.717) is 59.5 Å². The van der Waals surface area contributed by atoms with Crippen LogP contribution in [0.15, 0.2) is 12.7 Å². The molecule has 0 aromatic carbocycles. The molecule has 0 rings (SSSR count). The predicted molar refractivity (Wildman–Crippen MR) is 98.0 cm³/mol. The van der Waals surface area contributed by atoms with Crippen LogP contribution in [0.4, 0.5) is 0 Å². The number of hydrogen-bond donors (Lipinski definition) is 0. The molecule has 7 heteroatoms. The summed E-state index contributed by atoms with van der Waals surface area (Å²) in [6, 6.07) is 0. The molecule has 0 radical (unpaired) electrons. The molecular weight excluding hydrogens is 326 g/mol. The Hall–Kier alpha value is -0.540. The van der Waals surface area contributed by atoms with Crippen LogP contribution in [-0.2, 0) is 28.4 Å².